The van der Waals surface area contributed by atoms with E-state index in [4.69, 9.17) is 8.83 Å². The van der Waals surface area contributed by atoms with Crippen molar-refractivity contribution in [3.63, 3.8) is 0 Å². The number of hydrazone groups is 1. The van der Waals surface area contributed by atoms with E-state index in [2.05, 4.69) is 15.8 Å². The molecule has 138 valence electrons. The summed E-state index contributed by atoms with van der Waals surface area (Å²) in [6.07, 6.45) is 3.78. The lowest BCUT2D eigenvalue weighted by molar-refractivity contribution is 0.0911. The van der Waals surface area contributed by atoms with E-state index < -0.39 is 0 Å². The molecule has 0 unspecified atom stereocenters. The molecule has 26 heavy (non-hydrogen) atoms. The Balaban J connectivity index is 1.86. The number of rotatable bonds is 4. The Morgan fingerprint density at radius 1 is 1.19 bits per heavy atom. The van der Waals surface area contributed by atoms with Crippen LogP contribution in [0.15, 0.2) is 26.3 Å². The third-order valence-electron chi connectivity index (χ3n) is 4.35. The number of hydrogen-bond donors (Lipinski definition) is 2. The number of amides is 2. The van der Waals surface area contributed by atoms with E-state index in [-0.39, 0.29) is 17.9 Å². The topological polar surface area (TPSA) is 96.8 Å². The average Bonchev–Trinajstić information content (AvgIpc) is 3.16. The van der Waals surface area contributed by atoms with Gasteiger partial charge in [0.2, 0.25) is 0 Å². The van der Waals surface area contributed by atoms with Crippen LogP contribution < -0.4 is 10.7 Å². The molecule has 0 fully saturated rings. The van der Waals surface area contributed by atoms with Gasteiger partial charge in [0.15, 0.2) is 5.76 Å². The lowest BCUT2D eigenvalue weighted by Gasteiger charge is -2.13. The standard InChI is InChI=1S/C19H23N3O4/c1-10(2)20-19(24)17-11(3)16-14(6-5-7-15(16)26-17)21-22-18(23)13-8-9-25-12(13)4/h8-10H,5-7H2,1-4H3,(H,20,24)(H,22,23)/b21-14+. The molecule has 0 saturated carbocycles. The summed E-state index contributed by atoms with van der Waals surface area (Å²) < 4.78 is 11.0. The van der Waals surface area contributed by atoms with Crippen LogP contribution in [0.25, 0.3) is 0 Å². The molecule has 0 bridgehead atoms. The molecule has 0 saturated heterocycles. The summed E-state index contributed by atoms with van der Waals surface area (Å²) in [5.41, 5.74) is 5.34. The van der Waals surface area contributed by atoms with E-state index in [0.717, 1.165) is 35.4 Å². The second-order valence-electron chi connectivity index (χ2n) is 6.73. The summed E-state index contributed by atoms with van der Waals surface area (Å²) in [7, 11) is 0. The minimum Gasteiger partial charge on any atom is -0.469 e. The smallest absolute Gasteiger partial charge is 0.287 e. The Morgan fingerprint density at radius 3 is 2.62 bits per heavy atom. The number of carbonyl (C=O) groups excluding carboxylic acids is 2. The van der Waals surface area contributed by atoms with Gasteiger partial charge in [-0.1, -0.05) is 0 Å². The molecule has 3 rings (SSSR count). The number of furan rings is 2. The van der Waals surface area contributed by atoms with Crippen LogP contribution in [0.5, 0.6) is 0 Å². The van der Waals surface area contributed by atoms with Crippen LogP contribution in [0.1, 0.15) is 70.2 Å². The summed E-state index contributed by atoms with van der Waals surface area (Å²) in [5, 5.41) is 7.15. The SMILES string of the molecule is Cc1occc1C(=O)N/N=C1\CCCc2oc(C(=O)NC(C)C)c(C)c21. The summed E-state index contributed by atoms with van der Waals surface area (Å²) in [6, 6.07) is 1.63. The molecule has 1 aliphatic rings. The first-order chi connectivity index (χ1) is 12.4. The van der Waals surface area contributed by atoms with Crippen LogP contribution >= 0.6 is 0 Å². The van der Waals surface area contributed by atoms with Gasteiger partial charge in [-0.2, -0.15) is 5.10 Å². The zero-order chi connectivity index (χ0) is 18.8. The summed E-state index contributed by atoms with van der Waals surface area (Å²) in [6.45, 7) is 7.37. The van der Waals surface area contributed by atoms with Gasteiger partial charge in [-0.15, -0.1) is 0 Å². The van der Waals surface area contributed by atoms with E-state index >= 15 is 0 Å². The monoisotopic (exact) mass is 357 g/mol. The van der Waals surface area contributed by atoms with Crippen molar-refractivity contribution in [3.05, 3.63) is 46.3 Å². The molecule has 2 aromatic heterocycles. The molecule has 7 nitrogen and oxygen atoms in total. The van der Waals surface area contributed by atoms with Crippen molar-refractivity contribution in [2.24, 2.45) is 5.10 Å². The van der Waals surface area contributed by atoms with Crippen LogP contribution in [0.3, 0.4) is 0 Å². The molecule has 2 heterocycles. The van der Waals surface area contributed by atoms with Crippen molar-refractivity contribution in [2.75, 3.05) is 0 Å². The van der Waals surface area contributed by atoms with E-state index in [0.29, 0.717) is 23.5 Å². The molecule has 7 heteroatoms. The van der Waals surface area contributed by atoms with E-state index in [1.807, 2.05) is 20.8 Å². The number of hydrogen-bond acceptors (Lipinski definition) is 5. The highest BCUT2D eigenvalue weighted by molar-refractivity contribution is 6.07. The maximum absolute atomic E-state index is 12.3. The first-order valence-electron chi connectivity index (χ1n) is 8.73. The number of nitrogens with one attached hydrogen (secondary N) is 2. The second kappa shape index (κ2) is 7.19. The zero-order valence-electron chi connectivity index (χ0n) is 15.4. The maximum Gasteiger partial charge on any atom is 0.287 e. The summed E-state index contributed by atoms with van der Waals surface area (Å²) in [5.74, 6) is 1.05. The minimum atomic E-state index is -0.324. The molecule has 0 radical (unpaired) electrons. The fourth-order valence-corrected chi connectivity index (χ4v) is 3.12. The molecule has 0 spiro atoms. The molecule has 2 amide bonds. The highest BCUT2D eigenvalue weighted by atomic mass is 16.4. The number of nitrogens with zero attached hydrogens (tertiary/aromatic N) is 1. The number of carbonyl (C=O) groups is 2. The normalized spacial score (nSPS) is 15.2. The van der Waals surface area contributed by atoms with Gasteiger partial charge < -0.3 is 14.2 Å². The minimum absolute atomic E-state index is 0.0228. The highest BCUT2D eigenvalue weighted by Gasteiger charge is 2.28. The maximum atomic E-state index is 12.3. The van der Waals surface area contributed by atoms with Crippen LogP contribution in [0, 0.1) is 13.8 Å². The lowest BCUT2D eigenvalue weighted by atomic mass is 9.93. The van der Waals surface area contributed by atoms with Crippen LogP contribution in [0.2, 0.25) is 0 Å². The lowest BCUT2D eigenvalue weighted by Crippen LogP contribution is -2.30. The van der Waals surface area contributed by atoms with Gasteiger partial charge in [-0.25, -0.2) is 5.43 Å². The van der Waals surface area contributed by atoms with E-state index in [1.165, 1.54) is 6.26 Å². The molecule has 0 atom stereocenters. The fourth-order valence-electron chi connectivity index (χ4n) is 3.12. The first kappa shape index (κ1) is 18.0. The zero-order valence-corrected chi connectivity index (χ0v) is 15.4. The Bertz CT molecular complexity index is 873. The predicted molar refractivity (Wildman–Crippen MR) is 96.4 cm³/mol. The largest absolute Gasteiger partial charge is 0.469 e. The molecular formula is C19H23N3O4. The molecule has 0 aromatic carbocycles. The highest BCUT2D eigenvalue weighted by Crippen LogP contribution is 2.30. The molecule has 2 aromatic rings. The van der Waals surface area contributed by atoms with Gasteiger partial charge >= 0.3 is 0 Å². The summed E-state index contributed by atoms with van der Waals surface area (Å²) in [4.78, 5) is 24.6. The van der Waals surface area contributed by atoms with Crippen molar-refractivity contribution in [2.45, 2.75) is 53.0 Å². The van der Waals surface area contributed by atoms with E-state index in [1.54, 1.807) is 13.0 Å². The van der Waals surface area contributed by atoms with Crippen molar-refractivity contribution in [1.82, 2.24) is 10.7 Å². The Hall–Kier alpha value is -2.83. The van der Waals surface area contributed by atoms with Crippen LogP contribution in [-0.2, 0) is 6.42 Å². The van der Waals surface area contributed by atoms with Gasteiger partial charge in [0.1, 0.15) is 11.5 Å². The van der Waals surface area contributed by atoms with Crippen molar-refractivity contribution < 1.29 is 18.4 Å². The van der Waals surface area contributed by atoms with Gasteiger partial charge in [-0.3, -0.25) is 9.59 Å². The Labute approximate surface area is 151 Å². The van der Waals surface area contributed by atoms with E-state index in [9.17, 15) is 9.59 Å². The van der Waals surface area contributed by atoms with Crippen LogP contribution in [0.4, 0.5) is 0 Å². The Morgan fingerprint density at radius 2 is 1.96 bits per heavy atom. The average molecular weight is 357 g/mol. The molecule has 0 aliphatic heterocycles. The van der Waals surface area contributed by atoms with Gasteiger partial charge in [-0.05, 0) is 46.6 Å². The fraction of sp³-hybridized carbons (Fsp3) is 0.421. The quantitative estimate of drug-likeness (QED) is 0.822. The predicted octanol–water partition coefficient (Wildman–Crippen LogP) is 3.10. The second-order valence-corrected chi connectivity index (χ2v) is 6.73. The van der Waals surface area contributed by atoms with Crippen LogP contribution in [-0.4, -0.2) is 23.6 Å². The molecule has 2 N–H and O–H groups in total. The van der Waals surface area contributed by atoms with Gasteiger partial charge in [0.05, 0.1) is 17.5 Å². The number of fused-ring (bicyclic) bond motifs is 1. The molecular weight excluding hydrogens is 334 g/mol. The third kappa shape index (κ3) is 3.42. The van der Waals surface area contributed by atoms with Crippen molar-refractivity contribution in [3.8, 4) is 0 Å². The first-order valence-corrected chi connectivity index (χ1v) is 8.73. The molecule has 1 aliphatic carbocycles. The number of aryl methyl sites for hydroxylation is 2. The van der Waals surface area contributed by atoms with Crippen molar-refractivity contribution in [1.29, 1.82) is 0 Å². The van der Waals surface area contributed by atoms with Gasteiger partial charge in [0.25, 0.3) is 11.8 Å². The van der Waals surface area contributed by atoms with Gasteiger partial charge in [0, 0.05) is 23.6 Å². The van der Waals surface area contributed by atoms with Crippen molar-refractivity contribution >= 4 is 17.5 Å². The third-order valence-corrected chi connectivity index (χ3v) is 4.35. The summed E-state index contributed by atoms with van der Waals surface area (Å²) >= 11 is 0. The Kier molecular flexibility index (Phi) is 4.97.